The normalized spacial score (nSPS) is 12.7. The zero-order valence-corrected chi connectivity index (χ0v) is 24.4. The van der Waals surface area contributed by atoms with Crippen LogP contribution in [0, 0.1) is 0 Å². The molecule has 0 radical (unpaired) electrons. The van der Waals surface area contributed by atoms with Gasteiger partial charge in [-0.25, -0.2) is 0 Å². The van der Waals surface area contributed by atoms with E-state index in [0.29, 0.717) is 13.1 Å². The Hall–Kier alpha value is -3.51. The van der Waals surface area contributed by atoms with Gasteiger partial charge < -0.3 is 9.16 Å². The lowest BCUT2D eigenvalue weighted by molar-refractivity contribution is -0.149. The molecule has 1 atom stereocenters. The van der Waals surface area contributed by atoms with Gasteiger partial charge in [-0.05, 0) is 26.5 Å². The largest absolute Gasteiger partial charge is 0.468 e. The summed E-state index contributed by atoms with van der Waals surface area (Å²) in [6.07, 6.45) is 0. The summed E-state index contributed by atoms with van der Waals surface area (Å²) in [5.41, 5.74) is 2.26. The summed E-state index contributed by atoms with van der Waals surface area (Å²) >= 11 is 0. The molecule has 39 heavy (non-hydrogen) atoms. The van der Waals surface area contributed by atoms with Gasteiger partial charge in [-0.15, -0.1) is 0 Å². The van der Waals surface area contributed by atoms with Crippen LogP contribution in [-0.4, -0.2) is 38.9 Å². The highest BCUT2D eigenvalue weighted by Crippen LogP contribution is 2.37. The Morgan fingerprint density at radius 1 is 0.692 bits per heavy atom. The van der Waals surface area contributed by atoms with Crippen molar-refractivity contribution in [1.82, 2.24) is 4.90 Å². The highest BCUT2D eigenvalue weighted by atomic mass is 28.4. The molecule has 0 saturated heterocycles. The number of hydrogen-bond donors (Lipinski definition) is 0. The van der Waals surface area contributed by atoms with Crippen LogP contribution in [0.25, 0.3) is 0 Å². The van der Waals surface area contributed by atoms with E-state index in [9.17, 15) is 4.79 Å². The van der Waals surface area contributed by atoms with Crippen molar-refractivity contribution < 1.29 is 14.0 Å². The van der Waals surface area contributed by atoms with Gasteiger partial charge in [0.25, 0.3) is 8.32 Å². The van der Waals surface area contributed by atoms with E-state index in [-0.39, 0.29) is 17.6 Å². The first kappa shape index (κ1) is 28.5. The molecule has 4 aromatic carbocycles. The molecule has 202 valence electrons. The van der Waals surface area contributed by atoms with Crippen molar-refractivity contribution in [2.45, 2.75) is 44.9 Å². The minimum absolute atomic E-state index is 0.194. The fourth-order valence-electron chi connectivity index (χ4n) is 5.34. The van der Waals surface area contributed by atoms with Gasteiger partial charge in [0.05, 0.1) is 13.7 Å². The second kappa shape index (κ2) is 13.0. The van der Waals surface area contributed by atoms with Crippen LogP contribution in [0.5, 0.6) is 0 Å². The third-order valence-corrected chi connectivity index (χ3v) is 12.3. The molecule has 5 heteroatoms. The molecule has 4 rings (SSSR count). The topological polar surface area (TPSA) is 38.8 Å². The number of nitrogens with zero attached hydrogens (tertiary/aromatic N) is 1. The summed E-state index contributed by atoms with van der Waals surface area (Å²) in [6.45, 7) is 8.16. The second-order valence-corrected chi connectivity index (χ2v) is 15.2. The third kappa shape index (κ3) is 6.74. The van der Waals surface area contributed by atoms with Crippen LogP contribution in [-0.2, 0) is 27.0 Å². The van der Waals surface area contributed by atoms with Crippen LogP contribution >= 0.6 is 0 Å². The summed E-state index contributed by atoms with van der Waals surface area (Å²) < 4.78 is 12.6. The number of esters is 1. The summed E-state index contributed by atoms with van der Waals surface area (Å²) in [7, 11) is -1.38. The van der Waals surface area contributed by atoms with Crippen molar-refractivity contribution in [1.29, 1.82) is 0 Å². The maximum atomic E-state index is 13.4. The zero-order chi connectivity index (χ0) is 27.7. The van der Waals surface area contributed by atoms with Gasteiger partial charge in [-0.1, -0.05) is 142 Å². The lowest BCUT2D eigenvalue weighted by Crippen LogP contribution is -2.67. The van der Waals surface area contributed by atoms with Crippen molar-refractivity contribution in [3.63, 3.8) is 0 Å². The molecule has 0 bridgehead atoms. The number of rotatable bonds is 11. The van der Waals surface area contributed by atoms with Gasteiger partial charge in [0, 0.05) is 13.1 Å². The SMILES string of the molecule is COC(=O)[C@@H](CO[Si](c1ccccc1)(c1ccccc1)C(C)(C)C)N(Cc1ccccc1)Cc1ccccc1. The lowest BCUT2D eigenvalue weighted by atomic mass is 10.1. The Labute approximate surface area is 234 Å². The third-order valence-electron chi connectivity index (χ3n) is 7.25. The summed E-state index contributed by atoms with van der Waals surface area (Å²) in [5.74, 6) is -0.292. The fourth-order valence-corrected chi connectivity index (χ4v) is 9.90. The summed E-state index contributed by atoms with van der Waals surface area (Å²) in [6, 6.07) is 41.0. The van der Waals surface area contributed by atoms with E-state index >= 15 is 0 Å². The average Bonchev–Trinajstić information content (AvgIpc) is 2.96. The smallest absolute Gasteiger partial charge is 0.325 e. The molecule has 0 N–H and O–H groups in total. The molecule has 0 aromatic heterocycles. The first-order valence-corrected chi connectivity index (χ1v) is 15.4. The average molecular weight is 538 g/mol. The highest BCUT2D eigenvalue weighted by molar-refractivity contribution is 6.99. The van der Waals surface area contributed by atoms with Gasteiger partial charge in [-0.2, -0.15) is 0 Å². The predicted octanol–water partition coefficient (Wildman–Crippen LogP) is 5.81. The van der Waals surface area contributed by atoms with Crippen LogP contribution in [0.4, 0.5) is 0 Å². The maximum absolute atomic E-state index is 13.4. The zero-order valence-electron chi connectivity index (χ0n) is 23.4. The van der Waals surface area contributed by atoms with E-state index in [1.807, 2.05) is 48.5 Å². The van der Waals surface area contributed by atoms with E-state index < -0.39 is 14.4 Å². The van der Waals surface area contributed by atoms with Crippen molar-refractivity contribution >= 4 is 24.7 Å². The molecule has 0 unspecified atom stereocenters. The molecule has 0 fully saturated rings. The summed E-state index contributed by atoms with van der Waals surface area (Å²) in [4.78, 5) is 15.6. The molecular weight excluding hydrogens is 498 g/mol. The Bertz CT molecular complexity index is 1210. The number of hydrogen-bond acceptors (Lipinski definition) is 4. The highest BCUT2D eigenvalue weighted by Gasteiger charge is 2.51. The minimum Gasteiger partial charge on any atom is -0.468 e. The Morgan fingerprint density at radius 2 is 1.08 bits per heavy atom. The van der Waals surface area contributed by atoms with Crippen molar-refractivity contribution in [3.05, 3.63) is 132 Å². The van der Waals surface area contributed by atoms with Crippen LogP contribution in [0.2, 0.25) is 5.04 Å². The Morgan fingerprint density at radius 3 is 1.44 bits per heavy atom. The molecular formula is C34H39NO3Si. The van der Waals surface area contributed by atoms with Crippen LogP contribution in [0.3, 0.4) is 0 Å². The van der Waals surface area contributed by atoms with Crippen LogP contribution in [0.1, 0.15) is 31.9 Å². The molecule has 0 aliphatic heterocycles. The van der Waals surface area contributed by atoms with Crippen molar-refractivity contribution in [2.75, 3.05) is 13.7 Å². The molecule has 4 nitrogen and oxygen atoms in total. The van der Waals surface area contributed by atoms with E-state index in [2.05, 4.69) is 98.5 Å². The van der Waals surface area contributed by atoms with Gasteiger partial charge in [0.15, 0.2) is 0 Å². The number of benzene rings is 4. The number of ether oxygens (including phenoxy) is 1. The molecule has 4 aromatic rings. The first-order chi connectivity index (χ1) is 18.8. The molecule has 0 aliphatic carbocycles. The van der Waals surface area contributed by atoms with Crippen LogP contribution < -0.4 is 10.4 Å². The standard InChI is InChI=1S/C34H39NO3Si/c1-34(2,3)39(30-21-13-7-14-22-30,31-23-15-8-16-24-31)38-27-32(33(36)37-4)35(25-28-17-9-5-10-18-28)26-29-19-11-6-12-20-29/h5-24,32H,25-27H2,1-4H3/t32-/m1/s1. The summed E-state index contributed by atoms with van der Waals surface area (Å²) in [5, 5.41) is 2.18. The van der Waals surface area contributed by atoms with Gasteiger partial charge in [0.1, 0.15) is 6.04 Å². The number of carbonyl (C=O) groups excluding carboxylic acids is 1. The first-order valence-electron chi connectivity index (χ1n) is 13.5. The Kier molecular flexibility index (Phi) is 9.52. The quantitative estimate of drug-likeness (QED) is 0.179. The number of methoxy groups -OCH3 is 1. The second-order valence-electron chi connectivity index (χ2n) is 10.9. The van der Waals surface area contributed by atoms with E-state index in [1.54, 1.807) is 0 Å². The van der Waals surface area contributed by atoms with Gasteiger partial charge in [0.2, 0.25) is 0 Å². The molecule has 0 amide bonds. The lowest BCUT2D eigenvalue weighted by Gasteiger charge is -2.44. The molecule has 0 saturated carbocycles. The molecule has 0 aliphatic rings. The monoisotopic (exact) mass is 537 g/mol. The van der Waals surface area contributed by atoms with Crippen LogP contribution in [0.15, 0.2) is 121 Å². The molecule has 0 spiro atoms. The number of carbonyl (C=O) groups is 1. The van der Waals surface area contributed by atoms with Crippen molar-refractivity contribution in [3.8, 4) is 0 Å². The minimum atomic E-state index is -2.84. The van der Waals surface area contributed by atoms with Gasteiger partial charge >= 0.3 is 5.97 Å². The maximum Gasteiger partial charge on any atom is 0.325 e. The fraction of sp³-hybridized carbons (Fsp3) is 0.265. The van der Waals surface area contributed by atoms with Gasteiger partial charge in [-0.3, -0.25) is 9.69 Å². The van der Waals surface area contributed by atoms with E-state index in [0.717, 1.165) is 11.1 Å². The Balaban J connectivity index is 1.76. The predicted molar refractivity (Wildman–Crippen MR) is 162 cm³/mol. The van der Waals surface area contributed by atoms with E-state index in [1.165, 1.54) is 17.5 Å². The van der Waals surface area contributed by atoms with Crippen molar-refractivity contribution in [2.24, 2.45) is 0 Å². The van der Waals surface area contributed by atoms with E-state index in [4.69, 9.17) is 9.16 Å². The molecule has 0 heterocycles.